The molecule has 2 aromatic heterocycles. The van der Waals surface area contributed by atoms with Crippen LogP contribution in [0.3, 0.4) is 0 Å². The van der Waals surface area contributed by atoms with E-state index in [1.54, 1.807) is 22.1 Å². The lowest BCUT2D eigenvalue weighted by atomic mass is 10.1. The van der Waals surface area contributed by atoms with Crippen molar-refractivity contribution in [2.24, 2.45) is 0 Å². The predicted octanol–water partition coefficient (Wildman–Crippen LogP) is 1.73. The molecule has 2 aromatic rings. The second-order valence-corrected chi connectivity index (χ2v) is 7.93. The highest BCUT2D eigenvalue weighted by atomic mass is 32.1. The van der Waals surface area contributed by atoms with Crippen molar-refractivity contribution in [3.63, 3.8) is 0 Å². The number of rotatable bonds is 3. The molecule has 1 fully saturated rings. The molecule has 0 amide bonds. The lowest BCUT2D eigenvalue weighted by Gasteiger charge is -2.20. The summed E-state index contributed by atoms with van der Waals surface area (Å²) in [4.78, 5) is 18.6. The SMILES string of the molecule is O=c1cc2c(nn1C1COCC1Nc1nc3c(s1)CCC3)CCC2. The van der Waals surface area contributed by atoms with Crippen LogP contribution in [0.5, 0.6) is 0 Å². The molecule has 2 unspecified atom stereocenters. The van der Waals surface area contributed by atoms with Crippen LogP contribution in [-0.4, -0.2) is 34.0 Å². The molecule has 3 aliphatic rings. The summed E-state index contributed by atoms with van der Waals surface area (Å²) in [6, 6.07) is 1.74. The zero-order chi connectivity index (χ0) is 16.1. The summed E-state index contributed by atoms with van der Waals surface area (Å²) in [6.45, 7) is 1.11. The molecular formula is C17H20N4O2S. The van der Waals surface area contributed by atoms with Gasteiger partial charge in [-0.15, -0.1) is 11.3 Å². The van der Waals surface area contributed by atoms with E-state index in [4.69, 9.17) is 9.72 Å². The number of hydrogen-bond donors (Lipinski definition) is 1. The third-order valence-electron chi connectivity index (χ3n) is 5.25. The predicted molar refractivity (Wildman–Crippen MR) is 91.9 cm³/mol. The number of aryl methyl sites for hydroxylation is 4. The molecule has 0 spiro atoms. The van der Waals surface area contributed by atoms with Gasteiger partial charge < -0.3 is 10.1 Å². The molecule has 0 radical (unpaired) electrons. The minimum absolute atomic E-state index is 0.0143. The van der Waals surface area contributed by atoms with E-state index in [1.807, 2.05) is 0 Å². The lowest BCUT2D eigenvalue weighted by Crippen LogP contribution is -2.37. The fourth-order valence-corrected chi connectivity index (χ4v) is 5.10. The first-order valence-corrected chi connectivity index (χ1v) is 9.54. The van der Waals surface area contributed by atoms with Crippen LogP contribution in [0, 0.1) is 0 Å². The summed E-state index contributed by atoms with van der Waals surface area (Å²) >= 11 is 1.74. The Hall–Kier alpha value is -1.73. The van der Waals surface area contributed by atoms with Crippen LogP contribution in [0.4, 0.5) is 5.13 Å². The van der Waals surface area contributed by atoms with Crippen molar-refractivity contribution < 1.29 is 4.74 Å². The maximum atomic E-state index is 12.5. The van der Waals surface area contributed by atoms with Gasteiger partial charge in [0, 0.05) is 10.9 Å². The fourth-order valence-electron chi connectivity index (χ4n) is 3.99. The summed E-state index contributed by atoms with van der Waals surface area (Å²) in [6.07, 6.45) is 6.50. The molecule has 126 valence electrons. The van der Waals surface area contributed by atoms with Gasteiger partial charge in [-0.2, -0.15) is 5.10 Å². The van der Waals surface area contributed by atoms with E-state index in [0.717, 1.165) is 48.5 Å². The van der Waals surface area contributed by atoms with Crippen molar-refractivity contribution in [1.29, 1.82) is 0 Å². The minimum Gasteiger partial charge on any atom is -0.377 e. The Bertz CT molecular complexity index is 822. The van der Waals surface area contributed by atoms with Crippen LogP contribution < -0.4 is 10.9 Å². The second kappa shape index (κ2) is 5.67. The van der Waals surface area contributed by atoms with E-state index in [1.165, 1.54) is 17.0 Å². The number of hydrogen-bond acceptors (Lipinski definition) is 6. The maximum absolute atomic E-state index is 12.5. The third-order valence-corrected chi connectivity index (χ3v) is 6.34. The monoisotopic (exact) mass is 344 g/mol. The van der Waals surface area contributed by atoms with Crippen LogP contribution in [0.1, 0.15) is 40.7 Å². The average Bonchev–Trinajstić information content (AvgIpc) is 3.29. The van der Waals surface area contributed by atoms with E-state index < -0.39 is 0 Å². The average molecular weight is 344 g/mol. The Morgan fingerprint density at radius 3 is 2.96 bits per heavy atom. The van der Waals surface area contributed by atoms with Gasteiger partial charge in [-0.25, -0.2) is 9.67 Å². The van der Waals surface area contributed by atoms with Gasteiger partial charge in [-0.1, -0.05) is 0 Å². The van der Waals surface area contributed by atoms with Gasteiger partial charge in [-0.3, -0.25) is 4.79 Å². The highest BCUT2D eigenvalue weighted by molar-refractivity contribution is 7.15. The number of nitrogens with one attached hydrogen (secondary N) is 1. The van der Waals surface area contributed by atoms with Gasteiger partial charge >= 0.3 is 0 Å². The first kappa shape index (κ1) is 14.6. The molecule has 5 rings (SSSR count). The lowest BCUT2D eigenvalue weighted by molar-refractivity contribution is 0.182. The summed E-state index contributed by atoms with van der Waals surface area (Å²) in [5, 5.41) is 9.09. The Balaban J connectivity index is 1.42. The van der Waals surface area contributed by atoms with Gasteiger partial charge in [0.05, 0.1) is 30.6 Å². The van der Waals surface area contributed by atoms with E-state index in [2.05, 4.69) is 10.4 Å². The number of ether oxygens (including phenoxy) is 1. The highest BCUT2D eigenvalue weighted by Crippen LogP contribution is 2.32. The van der Waals surface area contributed by atoms with Crippen LogP contribution in [0.15, 0.2) is 10.9 Å². The highest BCUT2D eigenvalue weighted by Gasteiger charge is 2.33. The number of anilines is 1. The molecule has 1 saturated heterocycles. The van der Waals surface area contributed by atoms with Crippen LogP contribution in [0.25, 0.3) is 0 Å². The van der Waals surface area contributed by atoms with Gasteiger partial charge in [0.15, 0.2) is 5.13 Å². The Morgan fingerprint density at radius 1 is 1.17 bits per heavy atom. The van der Waals surface area contributed by atoms with Crippen LogP contribution in [0.2, 0.25) is 0 Å². The quantitative estimate of drug-likeness (QED) is 0.918. The van der Waals surface area contributed by atoms with Crippen molar-refractivity contribution in [2.45, 2.75) is 50.6 Å². The molecule has 2 aliphatic carbocycles. The van der Waals surface area contributed by atoms with Gasteiger partial charge in [0.25, 0.3) is 5.56 Å². The van der Waals surface area contributed by atoms with Crippen molar-refractivity contribution in [1.82, 2.24) is 14.8 Å². The van der Waals surface area contributed by atoms with E-state index in [0.29, 0.717) is 13.2 Å². The van der Waals surface area contributed by atoms with E-state index in [9.17, 15) is 4.79 Å². The van der Waals surface area contributed by atoms with Crippen molar-refractivity contribution in [3.8, 4) is 0 Å². The smallest absolute Gasteiger partial charge is 0.267 e. The van der Waals surface area contributed by atoms with Crippen molar-refractivity contribution in [3.05, 3.63) is 38.2 Å². The molecule has 0 saturated carbocycles. The topological polar surface area (TPSA) is 69.0 Å². The zero-order valence-corrected chi connectivity index (χ0v) is 14.3. The van der Waals surface area contributed by atoms with Crippen LogP contribution >= 0.6 is 11.3 Å². The summed E-state index contributed by atoms with van der Waals surface area (Å²) in [7, 11) is 0. The van der Waals surface area contributed by atoms with Crippen molar-refractivity contribution in [2.75, 3.05) is 18.5 Å². The first-order chi connectivity index (χ1) is 11.8. The molecule has 3 heterocycles. The van der Waals surface area contributed by atoms with Crippen LogP contribution in [-0.2, 0) is 30.4 Å². The Kier molecular flexibility index (Phi) is 3.45. The summed E-state index contributed by atoms with van der Waals surface area (Å²) < 4.78 is 7.30. The molecule has 0 bridgehead atoms. The largest absolute Gasteiger partial charge is 0.377 e. The number of thiazole rings is 1. The molecular weight excluding hydrogens is 324 g/mol. The van der Waals surface area contributed by atoms with Gasteiger partial charge in [0.2, 0.25) is 0 Å². The number of aromatic nitrogens is 3. The van der Waals surface area contributed by atoms with E-state index in [-0.39, 0.29) is 17.6 Å². The molecule has 24 heavy (non-hydrogen) atoms. The van der Waals surface area contributed by atoms with E-state index >= 15 is 0 Å². The normalized spacial score (nSPS) is 25.0. The second-order valence-electron chi connectivity index (χ2n) is 6.85. The molecule has 7 heteroatoms. The first-order valence-electron chi connectivity index (χ1n) is 8.72. The molecule has 1 N–H and O–H groups in total. The van der Waals surface area contributed by atoms with Crippen molar-refractivity contribution >= 4 is 16.5 Å². The fraction of sp³-hybridized carbons (Fsp3) is 0.588. The minimum atomic E-state index is -0.0675. The third kappa shape index (κ3) is 2.38. The standard InChI is InChI=1S/C17H20N4O2S/c22-16-7-10-3-1-4-11(10)20-21(16)14-9-23-8-13(14)19-17-18-12-5-2-6-15(12)24-17/h7,13-14H,1-6,8-9H2,(H,18,19). The maximum Gasteiger partial charge on any atom is 0.267 e. The molecule has 0 aromatic carbocycles. The Labute approximate surface area is 143 Å². The number of nitrogens with zero attached hydrogens (tertiary/aromatic N) is 3. The zero-order valence-electron chi connectivity index (χ0n) is 13.5. The molecule has 6 nitrogen and oxygen atoms in total. The summed E-state index contributed by atoms with van der Waals surface area (Å²) in [5.74, 6) is 0. The molecule has 1 aliphatic heterocycles. The molecule has 2 atom stereocenters. The van der Waals surface area contributed by atoms with Gasteiger partial charge in [0.1, 0.15) is 6.04 Å². The number of fused-ring (bicyclic) bond motifs is 2. The Morgan fingerprint density at radius 2 is 2.04 bits per heavy atom. The summed E-state index contributed by atoms with van der Waals surface area (Å²) in [5.41, 5.74) is 3.43. The van der Waals surface area contributed by atoms with Gasteiger partial charge in [-0.05, 0) is 44.1 Å².